The lowest BCUT2D eigenvalue weighted by molar-refractivity contribution is -0.139. The predicted molar refractivity (Wildman–Crippen MR) is 167 cm³/mol. The average molecular weight is 625 g/mol. The molecule has 0 radical (unpaired) electrons. The third-order valence-electron chi connectivity index (χ3n) is 6.78. The molecular formula is C32H31Cl2N3O4S. The van der Waals surface area contributed by atoms with Crippen LogP contribution >= 0.6 is 23.2 Å². The minimum absolute atomic E-state index is 0.0151. The second-order valence-corrected chi connectivity index (χ2v) is 12.5. The summed E-state index contributed by atoms with van der Waals surface area (Å²) in [5, 5.41) is 3.02. The Morgan fingerprint density at radius 1 is 0.833 bits per heavy atom. The Bertz CT molecular complexity index is 1630. The summed E-state index contributed by atoms with van der Waals surface area (Å²) in [5.41, 5.74) is 2.55. The molecule has 0 unspecified atom stereocenters. The summed E-state index contributed by atoms with van der Waals surface area (Å²) < 4.78 is 29.1. The van der Waals surface area contributed by atoms with E-state index in [0.717, 1.165) is 21.0 Å². The second kappa shape index (κ2) is 13.9. The van der Waals surface area contributed by atoms with Crippen molar-refractivity contribution in [3.8, 4) is 0 Å². The molecule has 0 aromatic heterocycles. The fraction of sp³-hybridized carbons (Fsp3) is 0.188. The van der Waals surface area contributed by atoms with Gasteiger partial charge in [-0.2, -0.15) is 0 Å². The molecule has 0 aliphatic carbocycles. The van der Waals surface area contributed by atoms with Gasteiger partial charge in [-0.1, -0.05) is 102 Å². The molecule has 0 bridgehead atoms. The van der Waals surface area contributed by atoms with Crippen LogP contribution in [0.15, 0.2) is 108 Å². The molecule has 0 heterocycles. The fourth-order valence-corrected chi connectivity index (χ4v) is 6.39. The highest BCUT2D eigenvalue weighted by atomic mass is 35.5. The molecule has 42 heavy (non-hydrogen) atoms. The van der Waals surface area contributed by atoms with E-state index in [1.165, 1.54) is 42.3 Å². The number of likely N-dealkylation sites (N-methyl/N-ethyl adjacent to an activating group) is 1. The van der Waals surface area contributed by atoms with Crippen LogP contribution in [-0.2, 0) is 32.6 Å². The van der Waals surface area contributed by atoms with E-state index in [2.05, 4.69) is 5.32 Å². The van der Waals surface area contributed by atoms with Crippen molar-refractivity contribution in [3.63, 3.8) is 0 Å². The van der Waals surface area contributed by atoms with E-state index in [4.69, 9.17) is 23.2 Å². The Kier molecular flexibility index (Phi) is 10.3. The van der Waals surface area contributed by atoms with E-state index in [0.29, 0.717) is 0 Å². The van der Waals surface area contributed by atoms with Gasteiger partial charge >= 0.3 is 0 Å². The van der Waals surface area contributed by atoms with Crippen LogP contribution in [0.3, 0.4) is 0 Å². The first kappa shape index (κ1) is 31.1. The number of anilines is 1. The van der Waals surface area contributed by atoms with Gasteiger partial charge in [0, 0.05) is 25.0 Å². The maximum absolute atomic E-state index is 14.3. The molecular weight excluding hydrogens is 593 g/mol. The number of amides is 2. The lowest BCUT2D eigenvalue weighted by atomic mass is 10.0. The highest BCUT2D eigenvalue weighted by Crippen LogP contribution is 2.33. The largest absolute Gasteiger partial charge is 0.357 e. The highest BCUT2D eigenvalue weighted by Gasteiger charge is 2.35. The molecule has 1 N–H and O–H groups in total. The third kappa shape index (κ3) is 7.50. The number of benzene rings is 4. The van der Waals surface area contributed by atoms with Gasteiger partial charge in [0.15, 0.2) is 0 Å². The van der Waals surface area contributed by atoms with Crippen LogP contribution in [0.4, 0.5) is 5.69 Å². The van der Waals surface area contributed by atoms with E-state index in [-0.39, 0.29) is 39.5 Å². The van der Waals surface area contributed by atoms with E-state index >= 15 is 0 Å². The van der Waals surface area contributed by atoms with Gasteiger partial charge in [-0.3, -0.25) is 13.9 Å². The summed E-state index contributed by atoms with van der Waals surface area (Å²) in [4.78, 5) is 29.0. The maximum Gasteiger partial charge on any atom is 0.264 e. The molecule has 2 amide bonds. The lowest BCUT2D eigenvalue weighted by Crippen LogP contribution is -2.53. The van der Waals surface area contributed by atoms with Crippen molar-refractivity contribution in [2.75, 3.05) is 17.9 Å². The normalized spacial score (nSPS) is 11.9. The zero-order chi connectivity index (χ0) is 30.3. The molecule has 218 valence electrons. The first-order valence-electron chi connectivity index (χ1n) is 13.2. The Morgan fingerprint density at radius 3 is 2.02 bits per heavy atom. The van der Waals surface area contributed by atoms with Crippen LogP contribution in [0.2, 0.25) is 10.0 Å². The summed E-state index contributed by atoms with van der Waals surface area (Å²) in [7, 11) is -2.77. The standard InChI is InChI=1S/C32H31Cl2N3O4S/c1-23-13-16-27(17-14-23)42(40,41)37(29-20-26(33)15-18-28(29)34)22-31(38)36(21-25-11-7-4-8-12-25)30(32(39)35-2)19-24-9-5-3-6-10-24/h3-18,20,30H,19,21-22H2,1-2H3,(H,35,39)/t30-/m0/s1. The molecule has 7 nitrogen and oxygen atoms in total. The number of sulfonamides is 1. The number of nitrogens with one attached hydrogen (secondary N) is 1. The number of halogens is 2. The Morgan fingerprint density at radius 2 is 1.43 bits per heavy atom. The van der Waals surface area contributed by atoms with Crippen molar-refractivity contribution in [1.82, 2.24) is 10.2 Å². The number of hydrogen-bond donors (Lipinski definition) is 1. The molecule has 4 aromatic rings. The Labute approximate surface area is 256 Å². The zero-order valence-electron chi connectivity index (χ0n) is 23.2. The number of carbonyl (C=O) groups is 2. The Balaban J connectivity index is 1.81. The molecule has 10 heteroatoms. The Hall–Kier alpha value is -3.85. The zero-order valence-corrected chi connectivity index (χ0v) is 25.5. The van der Waals surface area contributed by atoms with Gasteiger partial charge < -0.3 is 10.2 Å². The molecule has 0 aliphatic rings. The van der Waals surface area contributed by atoms with Crippen molar-refractivity contribution >= 4 is 50.7 Å². The van der Waals surface area contributed by atoms with Crippen molar-refractivity contribution < 1.29 is 18.0 Å². The van der Waals surface area contributed by atoms with Gasteiger partial charge in [-0.05, 0) is 48.4 Å². The van der Waals surface area contributed by atoms with Crippen molar-refractivity contribution in [2.45, 2.75) is 30.8 Å². The van der Waals surface area contributed by atoms with Gasteiger partial charge in [0.1, 0.15) is 12.6 Å². The van der Waals surface area contributed by atoms with Gasteiger partial charge in [0.05, 0.1) is 15.6 Å². The lowest BCUT2D eigenvalue weighted by Gasteiger charge is -2.33. The van der Waals surface area contributed by atoms with Gasteiger partial charge in [-0.15, -0.1) is 0 Å². The smallest absolute Gasteiger partial charge is 0.264 e. The van der Waals surface area contributed by atoms with E-state index in [1.54, 1.807) is 12.1 Å². The number of rotatable bonds is 11. The quantitative estimate of drug-likeness (QED) is 0.226. The molecule has 4 aromatic carbocycles. The number of hydrogen-bond acceptors (Lipinski definition) is 4. The molecule has 0 saturated heterocycles. The number of aryl methyl sites for hydroxylation is 1. The third-order valence-corrected chi connectivity index (χ3v) is 9.11. The first-order valence-corrected chi connectivity index (χ1v) is 15.4. The van der Waals surface area contributed by atoms with Crippen LogP contribution in [-0.4, -0.2) is 44.8 Å². The summed E-state index contributed by atoms with van der Waals surface area (Å²) in [6.45, 7) is 1.30. The number of carbonyl (C=O) groups excluding carboxylic acids is 2. The van der Waals surface area contributed by atoms with Crippen LogP contribution in [0.1, 0.15) is 16.7 Å². The fourth-order valence-electron chi connectivity index (χ4n) is 4.53. The summed E-state index contributed by atoms with van der Waals surface area (Å²) in [6.07, 6.45) is 0.224. The topological polar surface area (TPSA) is 86.8 Å². The minimum atomic E-state index is -4.28. The van der Waals surface area contributed by atoms with Gasteiger partial charge in [0.25, 0.3) is 10.0 Å². The van der Waals surface area contributed by atoms with Crippen molar-refractivity contribution in [2.24, 2.45) is 0 Å². The van der Waals surface area contributed by atoms with Crippen LogP contribution in [0.5, 0.6) is 0 Å². The SMILES string of the molecule is CNC(=O)[C@H](Cc1ccccc1)N(Cc1ccccc1)C(=O)CN(c1cc(Cl)ccc1Cl)S(=O)(=O)c1ccc(C)cc1. The molecule has 0 spiro atoms. The average Bonchev–Trinajstić information content (AvgIpc) is 2.99. The van der Waals surface area contributed by atoms with Crippen molar-refractivity contribution in [1.29, 1.82) is 0 Å². The molecule has 0 saturated carbocycles. The number of nitrogens with zero attached hydrogens (tertiary/aromatic N) is 2. The molecule has 0 fully saturated rings. The molecule has 0 aliphatic heterocycles. The molecule has 1 atom stereocenters. The van der Waals surface area contributed by atoms with Crippen LogP contribution in [0, 0.1) is 6.92 Å². The van der Waals surface area contributed by atoms with E-state index < -0.39 is 28.5 Å². The monoisotopic (exact) mass is 623 g/mol. The van der Waals surface area contributed by atoms with E-state index in [1.807, 2.05) is 67.6 Å². The highest BCUT2D eigenvalue weighted by molar-refractivity contribution is 7.92. The first-order chi connectivity index (χ1) is 20.1. The summed E-state index contributed by atoms with van der Waals surface area (Å²) >= 11 is 12.7. The second-order valence-electron chi connectivity index (χ2n) is 9.75. The van der Waals surface area contributed by atoms with Crippen molar-refractivity contribution in [3.05, 3.63) is 130 Å². The van der Waals surface area contributed by atoms with Gasteiger partial charge in [-0.25, -0.2) is 8.42 Å². The molecule has 4 rings (SSSR count). The predicted octanol–water partition coefficient (Wildman–Crippen LogP) is 5.88. The van der Waals surface area contributed by atoms with Crippen LogP contribution in [0.25, 0.3) is 0 Å². The summed E-state index contributed by atoms with van der Waals surface area (Å²) in [5.74, 6) is -0.966. The van der Waals surface area contributed by atoms with E-state index in [9.17, 15) is 18.0 Å². The maximum atomic E-state index is 14.3. The minimum Gasteiger partial charge on any atom is -0.357 e. The summed E-state index contributed by atoms with van der Waals surface area (Å²) in [6, 6.07) is 28.4. The van der Waals surface area contributed by atoms with Crippen LogP contribution < -0.4 is 9.62 Å². The van der Waals surface area contributed by atoms with Gasteiger partial charge in [0.2, 0.25) is 11.8 Å².